The van der Waals surface area contributed by atoms with Gasteiger partial charge < -0.3 is 14.4 Å². The average molecular weight is 503 g/mol. The number of hydrogen-bond acceptors (Lipinski definition) is 6. The summed E-state index contributed by atoms with van der Waals surface area (Å²) in [5.41, 5.74) is 1.20. The molecule has 1 aliphatic rings. The second kappa shape index (κ2) is 10.2. The second-order valence-electron chi connectivity index (χ2n) is 6.81. The molecule has 0 aliphatic carbocycles. The highest BCUT2D eigenvalue weighted by molar-refractivity contribution is 7.22. The van der Waals surface area contributed by atoms with Crippen LogP contribution in [0.4, 0.5) is 5.13 Å². The first-order valence-corrected chi connectivity index (χ1v) is 11.3. The van der Waals surface area contributed by atoms with Crippen LogP contribution in [0.15, 0.2) is 30.3 Å². The molecule has 0 saturated carbocycles. The van der Waals surface area contributed by atoms with E-state index in [2.05, 4.69) is 18.7 Å². The summed E-state index contributed by atoms with van der Waals surface area (Å²) in [4.78, 5) is 22.1. The van der Waals surface area contributed by atoms with E-state index in [1.54, 1.807) is 23.1 Å². The Morgan fingerprint density at radius 3 is 2.32 bits per heavy atom. The van der Waals surface area contributed by atoms with Crippen molar-refractivity contribution in [1.82, 2.24) is 9.88 Å². The standard InChI is InChI=1S/C21H21Cl2N3O3S.ClH/c1-3-25(4-2)5-6-26(20(27)13-7-14(22)9-15(23)8-13)21-24-16-10-17-18(29-12-28-17)11-19(16)30-21;/h7-11H,3-6,12H2,1-2H3;1H. The summed E-state index contributed by atoms with van der Waals surface area (Å²) < 4.78 is 11.9. The van der Waals surface area contributed by atoms with E-state index in [0.717, 1.165) is 29.9 Å². The monoisotopic (exact) mass is 501 g/mol. The van der Waals surface area contributed by atoms with Gasteiger partial charge in [-0.2, -0.15) is 0 Å². The number of aromatic nitrogens is 1. The zero-order valence-corrected chi connectivity index (χ0v) is 20.2. The van der Waals surface area contributed by atoms with E-state index in [1.165, 1.54) is 11.3 Å². The molecule has 4 rings (SSSR count). The third kappa shape index (κ3) is 5.18. The molecule has 0 saturated heterocycles. The number of hydrogen-bond donors (Lipinski definition) is 0. The molecular weight excluding hydrogens is 481 g/mol. The molecular formula is C21H22Cl3N3O3S. The van der Waals surface area contributed by atoms with Crippen LogP contribution in [-0.2, 0) is 0 Å². The molecule has 31 heavy (non-hydrogen) atoms. The van der Waals surface area contributed by atoms with Crippen LogP contribution in [-0.4, -0.2) is 48.8 Å². The van der Waals surface area contributed by atoms with Gasteiger partial charge in [-0.25, -0.2) is 4.98 Å². The summed E-state index contributed by atoms with van der Waals surface area (Å²) in [6.07, 6.45) is 0. The number of halogens is 3. The van der Waals surface area contributed by atoms with Crippen molar-refractivity contribution in [3.63, 3.8) is 0 Å². The Hall–Kier alpha value is -1.77. The lowest BCUT2D eigenvalue weighted by molar-refractivity contribution is 0.0983. The fourth-order valence-corrected chi connectivity index (χ4v) is 4.85. The van der Waals surface area contributed by atoms with Crippen LogP contribution in [0.2, 0.25) is 10.0 Å². The molecule has 0 fully saturated rings. The highest BCUT2D eigenvalue weighted by Gasteiger charge is 2.24. The van der Waals surface area contributed by atoms with Gasteiger partial charge in [-0.3, -0.25) is 9.69 Å². The quantitative estimate of drug-likeness (QED) is 0.412. The molecule has 2 aromatic carbocycles. The van der Waals surface area contributed by atoms with Crippen molar-refractivity contribution in [1.29, 1.82) is 0 Å². The minimum atomic E-state index is -0.189. The maximum atomic E-state index is 13.4. The van der Waals surface area contributed by atoms with Crippen LogP contribution >= 0.6 is 46.9 Å². The van der Waals surface area contributed by atoms with Gasteiger partial charge in [0.2, 0.25) is 6.79 Å². The van der Waals surface area contributed by atoms with Gasteiger partial charge in [0.05, 0.1) is 10.2 Å². The summed E-state index contributed by atoms with van der Waals surface area (Å²) >= 11 is 13.7. The zero-order chi connectivity index (χ0) is 21.3. The van der Waals surface area contributed by atoms with Gasteiger partial charge in [-0.05, 0) is 31.3 Å². The Bertz CT molecular complexity index is 1030. The first-order valence-electron chi connectivity index (χ1n) is 9.69. The van der Waals surface area contributed by atoms with Crippen LogP contribution in [0.25, 0.3) is 10.2 Å². The average Bonchev–Trinajstić information content (AvgIpc) is 3.34. The number of anilines is 1. The maximum absolute atomic E-state index is 13.4. The van der Waals surface area contributed by atoms with Crippen LogP contribution in [0.3, 0.4) is 0 Å². The van der Waals surface area contributed by atoms with Gasteiger partial charge in [0.1, 0.15) is 0 Å². The zero-order valence-electron chi connectivity index (χ0n) is 17.1. The molecule has 10 heteroatoms. The predicted octanol–water partition coefficient (Wildman–Crippen LogP) is 5.74. The molecule has 166 valence electrons. The Kier molecular flexibility index (Phi) is 7.88. The molecule has 0 unspecified atom stereocenters. The molecule has 1 aliphatic heterocycles. The van der Waals surface area contributed by atoms with Crippen LogP contribution < -0.4 is 14.4 Å². The number of carbonyl (C=O) groups is 1. The van der Waals surface area contributed by atoms with Crippen LogP contribution in [0, 0.1) is 0 Å². The highest BCUT2D eigenvalue weighted by Crippen LogP contribution is 2.40. The van der Waals surface area contributed by atoms with E-state index >= 15 is 0 Å². The van der Waals surface area contributed by atoms with Gasteiger partial charge in [0.25, 0.3) is 5.91 Å². The summed E-state index contributed by atoms with van der Waals surface area (Å²) in [6.45, 7) is 7.45. The molecule has 3 aromatic rings. The maximum Gasteiger partial charge on any atom is 0.260 e. The first-order chi connectivity index (χ1) is 14.5. The molecule has 0 radical (unpaired) electrons. The predicted molar refractivity (Wildman–Crippen MR) is 129 cm³/mol. The topological polar surface area (TPSA) is 54.9 Å². The van der Waals surface area contributed by atoms with E-state index in [0.29, 0.717) is 38.8 Å². The van der Waals surface area contributed by atoms with Gasteiger partial charge in [-0.15, -0.1) is 12.4 Å². The van der Waals surface area contributed by atoms with Crippen LogP contribution in [0.1, 0.15) is 24.2 Å². The molecule has 6 nitrogen and oxygen atoms in total. The molecule has 0 atom stereocenters. The number of benzene rings is 2. The van der Waals surface area contributed by atoms with E-state index in [-0.39, 0.29) is 25.1 Å². The Morgan fingerprint density at radius 2 is 1.68 bits per heavy atom. The normalized spacial score (nSPS) is 12.3. The molecule has 1 aromatic heterocycles. The fraction of sp³-hybridized carbons (Fsp3) is 0.333. The molecule has 0 bridgehead atoms. The Labute approximate surface area is 201 Å². The van der Waals surface area contributed by atoms with E-state index in [4.69, 9.17) is 37.7 Å². The second-order valence-corrected chi connectivity index (χ2v) is 8.69. The fourth-order valence-electron chi connectivity index (χ4n) is 3.32. The van der Waals surface area contributed by atoms with Gasteiger partial charge >= 0.3 is 0 Å². The van der Waals surface area contributed by atoms with Crippen molar-refractivity contribution in [2.75, 3.05) is 37.9 Å². The molecule has 2 heterocycles. The number of likely N-dealkylation sites (N-methyl/N-ethyl adjacent to an activating group) is 1. The molecule has 1 amide bonds. The van der Waals surface area contributed by atoms with Gasteiger partial charge in [0, 0.05) is 40.8 Å². The third-order valence-corrected chi connectivity index (χ3v) is 6.47. The first kappa shape index (κ1) is 23.9. The summed E-state index contributed by atoms with van der Waals surface area (Å²) in [7, 11) is 0. The molecule has 0 spiro atoms. The summed E-state index contributed by atoms with van der Waals surface area (Å²) in [5, 5.41) is 1.45. The minimum absolute atomic E-state index is 0. The highest BCUT2D eigenvalue weighted by atomic mass is 35.5. The number of fused-ring (bicyclic) bond motifs is 2. The lowest BCUT2D eigenvalue weighted by Gasteiger charge is -2.24. The van der Waals surface area contributed by atoms with Crippen LogP contribution in [0.5, 0.6) is 11.5 Å². The summed E-state index contributed by atoms with van der Waals surface area (Å²) in [6, 6.07) is 8.62. The van der Waals surface area contributed by atoms with Crippen molar-refractivity contribution >= 4 is 68.2 Å². The Balaban J connectivity index is 0.00000272. The minimum Gasteiger partial charge on any atom is -0.454 e. The van der Waals surface area contributed by atoms with E-state index in [1.807, 2.05) is 12.1 Å². The smallest absolute Gasteiger partial charge is 0.260 e. The Morgan fingerprint density at radius 1 is 1.03 bits per heavy atom. The van der Waals surface area contributed by atoms with Gasteiger partial charge in [-0.1, -0.05) is 48.4 Å². The number of rotatable bonds is 7. The van der Waals surface area contributed by atoms with Crippen molar-refractivity contribution in [2.45, 2.75) is 13.8 Å². The number of nitrogens with zero attached hydrogens (tertiary/aromatic N) is 3. The lowest BCUT2D eigenvalue weighted by atomic mass is 10.2. The number of carbonyl (C=O) groups excluding carboxylic acids is 1. The number of amides is 1. The van der Waals surface area contributed by atoms with E-state index in [9.17, 15) is 4.79 Å². The number of thiazole rings is 1. The SMILES string of the molecule is CCN(CC)CCN(C(=O)c1cc(Cl)cc(Cl)c1)c1nc2cc3c(cc2s1)OCO3.Cl. The number of ether oxygens (including phenoxy) is 2. The van der Waals surface area contributed by atoms with E-state index < -0.39 is 0 Å². The van der Waals surface area contributed by atoms with Crippen molar-refractivity contribution in [3.8, 4) is 11.5 Å². The third-order valence-electron chi connectivity index (χ3n) is 4.99. The summed E-state index contributed by atoms with van der Waals surface area (Å²) in [5.74, 6) is 1.17. The largest absolute Gasteiger partial charge is 0.454 e. The van der Waals surface area contributed by atoms with Crippen molar-refractivity contribution in [2.24, 2.45) is 0 Å². The lowest BCUT2D eigenvalue weighted by Crippen LogP contribution is -2.38. The van der Waals surface area contributed by atoms with Crippen molar-refractivity contribution in [3.05, 3.63) is 45.9 Å². The van der Waals surface area contributed by atoms with Gasteiger partial charge in [0.15, 0.2) is 16.6 Å². The molecule has 0 N–H and O–H groups in total. The van der Waals surface area contributed by atoms with Crippen molar-refractivity contribution < 1.29 is 14.3 Å².